The Balaban J connectivity index is 0.00000324. The highest BCUT2D eigenvalue weighted by molar-refractivity contribution is 5.63. The monoisotopic (exact) mass is 325 g/mol. The molecule has 1 nitrogen and oxygen atoms in total. The molecule has 0 heterocycles. The fourth-order valence-corrected chi connectivity index (χ4v) is 2.14. The summed E-state index contributed by atoms with van der Waals surface area (Å²) in [4.78, 5) is 0. The van der Waals surface area contributed by atoms with Crippen molar-refractivity contribution in [1.82, 2.24) is 0 Å². The highest BCUT2D eigenvalue weighted by Gasteiger charge is 1.99. The van der Waals surface area contributed by atoms with Crippen LogP contribution in [0.5, 0.6) is 0 Å². The van der Waals surface area contributed by atoms with Gasteiger partial charge in [0, 0.05) is 5.57 Å². The van der Waals surface area contributed by atoms with Gasteiger partial charge in [0.05, 0.1) is 6.54 Å². The van der Waals surface area contributed by atoms with Crippen molar-refractivity contribution in [2.24, 2.45) is 0 Å². The molecule has 0 aromatic heterocycles. The third kappa shape index (κ3) is 9.01. The molecule has 0 saturated heterocycles. The summed E-state index contributed by atoms with van der Waals surface area (Å²) in [5, 5.41) is 2.38. The van der Waals surface area contributed by atoms with Crippen LogP contribution >= 0.6 is 0 Å². The maximum absolute atomic E-state index is 4.15. The Labute approximate surface area is 129 Å². The van der Waals surface area contributed by atoms with Gasteiger partial charge in [0.1, 0.15) is 6.54 Å². The first-order valence-electron chi connectivity index (χ1n) is 7.39. The highest BCUT2D eigenvalue weighted by Crippen LogP contribution is 2.08. The zero-order chi connectivity index (χ0) is 13.1. The minimum Gasteiger partial charge on any atom is -1.00 e. The van der Waals surface area contributed by atoms with Crippen molar-refractivity contribution >= 4 is 5.57 Å². The lowest BCUT2D eigenvalue weighted by Crippen LogP contribution is -3.00. The van der Waals surface area contributed by atoms with Crippen LogP contribution in [0.25, 0.3) is 5.57 Å². The van der Waals surface area contributed by atoms with E-state index in [1.807, 2.05) is 0 Å². The quantitative estimate of drug-likeness (QED) is 0.608. The molecule has 0 unspecified atom stereocenters. The molecule has 2 N–H and O–H groups in total. The van der Waals surface area contributed by atoms with E-state index in [0.717, 1.165) is 6.54 Å². The predicted molar refractivity (Wildman–Crippen MR) is 80.5 cm³/mol. The Morgan fingerprint density at radius 1 is 1.00 bits per heavy atom. The molecule has 1 rings (SSSR count). The molecule has 0 radical (unpaired) electrons. The van der Waals surface area contributed by atoms with Crippen LogP contribution in [0.15, 0.2) is 36.9 Å². The van der Waals surface area contributed by atoms with Crippen molar-refractivity contribution in [3.05, 3.63) is 42.5 Å². The molecule has 0 saturated carbocycles. The third-order valence-corrected chi connectivity index (χ3v) is 3.33. The summed E-state index contributed by atoms with van der Waals surface area (Å²) < 4.78 is 0. The maximum Gasteiger partial charge on any atom is 0.101 e. The van der Waals surface area contributed by atoms with E-state index >= 15 is 0 Å². The van der Waals surface area contributed by atoms with E-state index in [1.54, 1.807) is 0 Å². The van der Waals surface area contributed by atoms with Crippen molar-refractivity contribution in [1.29, 1.82) is 0 Å². The number of hydrogen-bond donors (Lipinski definition) is 1. The molecule has 108 valence electrons. The van der Waals surface area contributed by atoms with E-state index in [-0.39, 0.29) is 17.0 Å². The minimum atomic E-state index is 0. The number of rotatable bonds is 10. The van der Waals surface area contributed by atoms with Gasteiger partial charge < -0.3 is 22.3 Å². The van der Waals surface area contributed by atoms with Crippen LogP contribution in [0.3, 0.4) is 0 Å². The molecular formula is C17H28BrN. The molecule has 19 heavy (non-hydrogen) atoms. The van der Waals surface area contributed by atoms with Crippen LogP contribution in [-0.2, 0) is 0 Å². The highest BCUT2D eigenvalue weighted by atomic mass is 79.9. The van der Waals surface area contributed by atoms with Crippen LogP contribution in [0.4, 0.5) is 0 Å². The van der Waals surface area contributed by atoms with Gasteiger partial charge in [0.2, 0.25) is 0 Å². The van der Waals surface area contributed by atoms with E-state index < -0.39 is 0 Å². The second-order valence-corrected chi connectivity index (χ2v) is 5.02. The van der Waals surface area contributed by atoms with Crippen LogP contribution in [0.1, 0.15) is 51.0 Å². The Morgan fingerprint density at radius 3 is 2.32 bits per heavy atom. The SMILES string of the molecule is C=C(C[NH2+]CCCCCCCC)c1ccccc1.[Br-]. The van der Waals surface area contributed by atoms with Gasteiger partial charge in [-0.25, -0.2) is 0 Å². The lowest BCUT2D eigenvalue weighted by Gasteiger charge is -2.05. The van der Waals surface area contributed by atoms with Gasteiger partial charge in [-0.1, -0.05) is 69.5 Å². The van der Waals surface area contributed by atoms with Gasteiger partial charge in [-0.2, -0.15) is 0 Å². The molecule has 2 heteroatoms. The molecular weight excluding hydrogens is 298 g/mol. The molecule has 0 aliphatic rings. The van der Waals surface area contributed by atoms with Crippen LogP contribution in [0.2, 0.25) is 0 Å². The van der Waals surface area contributed by atoms with E-state index in [4.69, 9.17) is 0 Å². The fourth-order valence-electron chi connectivity index (χ4n) is 2.14. The average Bonchev–Trinajstić information content (AvgIpc) is 2.42. The molecule has 0 aliphatic heterocycles. The number of benzene rings is 1. The van der Waals surface area contributed by atoms with Gasteiger partial charge in [0.25, 0.3) is 0 Å². The summed E-state index contributed by atoms with van der Waals surface area (Å²) in [5.74, 6) is 0. The van der Waals surface area contributed by atoms with Crippen LogP contribution in [-0.4, -0.2) is 13.1 Å². The topological polar surface area (TPSA) is 16.6 Å². The van der Waals surface area contributed by atoms with Crippen molar-refractivity contribution in [2.75, 3.05) is 13.1 Å². The summed E-state index contributed by atoms with van der Waals surface area (Å²) >= 11 is 0. The maximum atomic E-state index is 4.15. The van der Waals surface area contributed by atoms with E-state index in [9.17, 15) is 0 Å². The smallest absolute Gasteiger partial charge is 0.101 e. The van der Waals surface area contributed by atoms with E-state index in [1.165, 1.54) is 56.2 Å². The van der Waals surface area contributed by atoms with E-state index in [2.05, 4.69) is 49.2 Å². The van der Waals surface area contributed by atoms with Gasteiger partial charge in [-0.05, 0) is 18.4 Å². The first kappa shape index (κ1) is 18.4. The number of quaternary nitrogens is 1. The molecule has 0 atom stereocenters. The van der Waals surface area contributed by atoms with Gasteiger partial charge in [-0.3, -0.25) is 0 Å². The molecule has 0 fully saturated rings. The lowest BCUT2D eigenvalue weighted by molar-refractivity contribution is -0.643. The molecule has 0 bridgehead atoms. The van der Waals surface area contributed by atoms with Crippen LogP contribution in [0, 0.1) is 0 Å². The zero-order valence-electron chi connectivity index (χ0n) is 12.2. The first-order chi connectivity index (χ1) is 8.84. The largest absolute Gasteiger partial charge is 1.00 e. The van der Waals surface area contributed by atoms with Crippen LogP contribution < -0.4 is 22.3 Å². The second kappa shape index (κ2) is 12.4. The standard InChI is InChI=1S/C17H27N.BrH/c1-3-4-5-6-7-11-14-18-15-16(2)17-12-9-8-10-13-17;/h8-10,12-13,18H,2-7,11,14-15H2,1H3;1H. The fraction of sp³-hybridized carbons (Fsp3) is 0.529. The lowest BCUT2D eigenvalue weighted by atomic mass is 10.1. The summed E-state index contributed by atoms with van der Waals surface area (Å²) in [7, 11) is 0. The summed E-state index contributed by atoms with van der Waals surface area (Å²) in [6.07, 6.45) is 8.27. The van der Waals surface area contributed by atoms with Gasteiger partial charge in [-0.15, -0.1) is 0 Å². The number of hydrogen-bond acceptors (Lipinski definition) is 0. The Hall–Kier alpha value is -0.600. The second-order valence-electron chi connectivity index (χ2n) is 5.02. The normalized spacial score (nSPS) is 9.95. The van der Waals surface area contributed by atoms with Gasteiger partial charge >= 0.3 is 0 Å². The van der Waals surface area contributed by atoms with Crippen molar-refractivity contribution in [3.8, 4) is 0 Å². The molecule has 0 spiro atoms. The summed E-state index contributed by atoms with van der Waals surface area (Å²) in [5.41, 5.74) is 2.51. The molecule has 0 aliphatic carbocycles. The third-order valence-electron chi connectivity index (χ3n) is 3.33. The number of halogens is 1. The van der Waals surface area contributed by atoms with Crippen molar-refractivity contribution in [2.45, 2.75) is 45.4 Å². The Kier molecular flexibility index (Phi) is 12.0. The Morgan fingerprint density at radius 2 is 1.63 bits per heavy atom. The number of unbranched alkanes of at least 4 members (excludes halogenated alkanes) is 5. The minimum absolute atomic E-state index is 0. The molecule has 1 aromatic carbocycles. The summed E-state index contributed by atoms with van der Waals surface area (Å²) in [6, 6.07) is 10.5. The Bertz CT molecular complexity index is 321. The summed E-state index contributed by atoms with van der Waals surface area (Å²) in [6.45, 7) is 8.68. The molecule has 1 aromatic rings. The van der Waals surface area contributed by atoms with Crippen molar-refractivity contribution in [3.63, 3.8) is 0 Å². The van der Waals surface area contributed by atoms with E-state index in [0.29, 0.717) is 0 Å². The number of nitrogens with two attached hydrogens (primary N) is 1. The predicted octanol–water partition coefficient (Wildman–Crippen LogP) is 0.628. The first-order valence-corrected chi connectivity index (χ1v) is 7.39. The average molecular weight is 326 g/mol. The molecule has 0 amide bonds. The van der Waals surface area contributed by atoms with Gasteiger partial charge in [0.15, 0.2) is 0 Å². The zero-order valence-corrected chi connectivity index (χ0v) is 13.8. The van der Waals surface area contributed by atoms with Crippen molar-refractivity contribution < 1.29 is 22.3 Å².